The Hall–Kier alpha value is -0.820. The minimum absolute atomic E-state index is 0.0317. The van der Waals surface area contributed by atoms with Gasteiger partial charge in [0.2, 0.25) is 0 Å². The van der Waals surface area contributed by atoms with Crippen LogP contribution in [0.2, 0.25) is 0 Å². The molecule has 2 saturated carbocycles. The van der Waals surface area contributed by atoms with Gasteiger partial charge in [-0.05, 0) is 81.4 Å². The van der Waals surface area contributed by atoms with Gasteiger partial charge in [0.05, 0.1) is 25.2 Å². The van der Waals surface area contributed by atoms with Crippen LogP contribution in [-0.4, -0.2) is 43.5 Å². The van der Waals surface area contributed by atoms with Gasteiger partial charge < -0.3 is 9.47 Å². The van der Waals surface area contributed by atoms with Gasteiger partial charge in [0.25, 0.3) is 0 Å². The van der Waals surface area contributed by atoms with E-state index in [2.05, 4.69) is 43.6 Å². The number of rotatable bonds is 1. The van der Waals surface area contributed by atoms with Gasteiger partial charge >= 0.3 is 0 Å². The second kappa shape index (κ2) is 7.11. The molecular formula is C26H39NO2. The molecule has 2 saturated heterocycles. The van der Waals surface area contributed by atoms with Crippen molar-refractivity contribution >= 4 is 0 Å². The van der Waals surface area contributed by atoms with E-state index in [1.165, 1.54) is 64.5 Å². The van der Waals surface area contributed by atoms with Gasteiger partial charge in [-0.1, -0.05) is 38.7 Å². The third-order valence-electron chi connectivity index (χ3n) is 9.32. The Balaban J connectivity index is 1.46. The molecule has 3 atom stereocenters. The summed E-state index contributed by atoms with van der Waals surface area (Å²) in [4.78, 5) is 2.53. The molecule has 2 heterocycles. The van der Waals surface area contributed by atoms with E-state index in [1.807, 2.05) is 0 Å². The van der Waals surface area contributed by atoms with Crippen LogP contribution >= 0.6 is 0 Å². The van der Waals surface area contributed by atoms with Gasteiger partial charge in [0.1, 0.15) is 0 Å². The van der Waals surface area contributed by atoms with E-state index >= 15 is 0 Å². The highest BCUT2D eigenvalue weighted by molar-refractivity contribution is 5.39. The quantitative estimate of drug-likeness (QED) is 0.450. The van der Waals surface area contributed by atoms with Crippen LogP contribution in [0.1, 0.15) is 78.6 Å². The SMILES string of the molecule is CC1(C)[C@@H]2CC[C@@]3(C#CCN4CCCC4)CCCC=C3[C@@]2(C)CCC12OCCO2. The molecule has 3 heteroatoms. The fraction of sp³-hybridized carbons (Fsp3) is 0.846. The molecule has 0 amide bonds. The molecular weight excluding hydrogens is 358 g/mol. The second-order valence-corrected chi connectivity index (χ2v) is 11.1. The molecule has 5 aliphatic rings. The molecule has 5 rings (SSSR count). The Morgan fingerprint density at radius 1 is 1.00 bits per heavy atom. The molecule has 0 aromatic heterocycles. The Labute approximate surface area is 177 Å². The maximum absolute atomic E-state index is 6.30. The van der Waals surface area contributed by atoms with Crippen LogP contribution in [0.25, 0.3) is 0 Å². The van der Waals surface area contributed by atoms with E-state index in [-0.39, 0.29) is 22.0 Å². The fourth-order valence-corrected chi connectivity index (χ4v) is 7.82. The zero-order chi connectivity index (χ0) is 20.2. The first-order chi connectivity index (χ1) is 13.9. The van der Waals surface area contributed by atoms with Crippen molar-refractivity contribution < 1.29 is 9.47 Å². The number of hydrogen-bond acceptors (Lipinski definition) is 3. The third-order valence-corrected chi connectivity index (χ3v) is 9.32. The van der Waals surface area contributed by atoms with Crippen molar-refractivity contribution in [1.29, 1.82) is 0 Å². The zero-order valence-corrected chi connectivity index (χ0v) is 18.8. The molecule has 0 radical (unpaired) electrons. The molecule has 2 aliphatic heterocycles. The molecule has 29 heavy (non-hydrogen) atoms. The van der Waals surface area contributed by atoms with Crippen molar-refractivity contribution in [2.45, 2.75) is 84.3 Å². The first-order valence-corrected chi connectivity index (χ1v) is 12.1. The van der Waals surface area contributed by atoms with Crippen molar-refractivity contribution in [3.63, 3.8) is 0 Å². The maximum atomic E-state index is 6.30. The lowest BCUT2D eigenvalue weighted by atomic mass is 9.43. The highest BCUT2D eigenvalue weighted by Crippen LogP contribution is 2.68. The molecule has 160 valence electrons. The number of hydrogen-bond donors (Lipinski definition) is 0. The smallest absolute Gasteiger partial charge is 0.173 e. The Kier molecular flexibility index (Phi) is 4.93. The van der Waals surface area contributed by atoms with Gasteiger partial charge in [-0.3, -0.25) is 4.90 Å². The summed E-state index contributed by atoms with van der Waals surface area (Å²) in [5.41, 5.74) is 2.07. The molecule has 3 nitrogen and oxygen atoms in total. The first-order valence-electron chi connectivity index (χ1n) is 12.1. The average Bonchev–Trinajstić information content (AvgIpc) is 3.39. The van der Waals surface area contributed by atoms with E-state index in [4.69, 9.17) is 9.47 Å². The monoisotopic (exact) mass is 397 g/mol. The largest absolute Gasteiger partial charge is 0.347 e. The zero-order valence-electron chi connectivity index (χ0n) is 18.8. The summed E-state index contributed by atoms with van der Waals surface area (Å²) in [7, 11) is 0. The van der Waals surface area contributed by atoms with Crippen LogP contribution in [-0.2, 0) is 9.47 Å². The lowest BCUT2D eigenvalue weighted by molar-refractivity contribution is -0.284. The predicted octanol–water partition coefficient (Wildman–Crippen LogP) is 5.16. The van der Waals surface area contributed by atoms with Crippen molar-refractivity contribution in [1.82, 2.24) is 4.90 Å². The number of likely N-dealkylation sites (tertiary alicyclic amines) is 1. The minimum atomic E-state index is -0.367. The van der Waals surface area contributed by atoms with Crippen molar-refractivity contribution in [3.05, 3.63) is 11.6 Å². The molecule has 3 aliphatic carbocycles. The molecule has 0 bridgehead atoms. The van der Waals surface area contributed by atoms with Gasteiger partial charge in [-0.15, -0.1) is 0 Å². The van der Waals surface area contributed by atoms with E-state index < -0.39 is 0 Å². The van der Waals surface area contributed by atoms with Crippen LogP contribution in [0.15, 0.2) is 11.6 Å². The molecule has 0 N–H and O–H groups in total. The van der Waals surface area contributed by atoms with Crippen molar-refractivity contribution in [2.75, 3.05) is 32.8 Å². The number of ether oxygens (including phenoxy) is 2. The predicted molar refractivity (Wildman–Crippen MR) is 116 cm³/mol. The van der Waals surface area contributed by atoms with E-state index in [0.717, 1.165) is 26.2 Å². The minimum Gasteiger partial charge on any atom is -0.347 e. The van der Waals surface area contributed by atoms with E-state index in [9.17, 15) is 0 Å². The molecule has 0 aromatic rings. The standard InChI is InChI=1S/C26H39NO2/c1-23(2)21-10-13-25(12-8-18-27-16-6-7-17-27)11-5-4-9-22(25)24(21,3)14-15-26(23)28-19-20-29-26/h9,21H,4-7,10-11,13-20H2,1-3H3/t21-,24-,25-/m0/s1. The van der Waals surface area contributed by atoms with Crippen molar-refractivity contribution in [2.24, 2.45) is 22.2 Å². The highest BCUT2D eigenvalue weighted by atomic mass is 16.7. The number of nitrogens with zero attached hydrogens (tertiary/aromatic N) is 1. The Morgan fingerprint density at radius 3 is 2.52 bits per heavy atom. The molecule has 1 spiro atoms. The summed E-state index contributed by atoms with van der Waals surface area (Å²) in [6, 6.07) is 0. The van der Waals surface area contributed by atoms with Gasteiger partial charge in [-0.25, -0.2) is 0 Å². The van der Waals surface area contributed by atoms with Crippen LogP contribution in [0.4, 0.5) is 0 Å². The summed E-state index contributed by atoms with van der Waals surface area (Å²) in [5.74, 6) is 7.77. The van der Waals surface area contributed by atoms with Crippen LogP contribution < -0.4 is 0 Å². The van der Waals surface area contributed by atoms with E-state index in [0.29, 0.717) is 5.92 Å². The summed E-state index contributed by atoms with van der Waals surface area (Å²) < 4.78 is 12.6. The van der Waals surface area contributed by atoms with Gasteiger partial charge in [-0.2, -0.15) is 0 Å². The highest BCUT2D eigenvalue weighted by Gasteiger charge is 2.65. The van der Waals surface area contributed by atoms with Crippen molar-refractivity contribution in [3.8, 4) is 11.8 Å². The van der Waals surface area contributed by atoms with Crippen LogP contribution in [0.3, 0.4) is 0 Å². The molecule has 0 unspecified atom stereocenters. The lowest BCUT2D eigenvalue weighted by Crippen LogP contribution is -2.61. The maximum Gasteiger partial charge on any atom is 0.173 e. The van der Waals surface area contributed by atoms with Gasteiger partial charge in [0.15, 0.2) is 5.79 Å². The van der Waals surface area contributed by atoms with Crippen LogP contribution in [0.5, 0.6) is 0 Å². The lowest BCUT2D eigenvalue weighted by Gasteiger charge is -2.64. The topological polar surface area (TPSA) is 21.7 Å². The third kappa shape index (κ3) is 2.97. The number of allylic oxidation sites excluding steroid dienone is 2. The van der Waals surface area contributed by atoms with Crippen LogP contribution in [0, 0.1) is 34.0 Å². The summed E-state index contributed by atoms with van der Waals surface area (Å²) in [6.07, 6.45) is 13.7. The fourth-order valence-electron chi connectivity index (χ4n) is 7.82. The summed E-state index contributed by atoms with van der Waals surface area (Å²) >= 11 is 0. The normalized spacial score (nSPS) is 40.7. The van der Waals surface area contributed by atoms with E-state index in [1.54, 1.807) is 5.57 Å². The number of fused-ring (bicyclic) bond motifs is 3. The molecule has 0 aromatic carbocycles. The second-order valence-electron chi connectivity index (χ2n) is 11.1. The molecule has 4 fully saturated rings. The first kappa shape index (κ1) is 20.1. The summed E-state index contributed by atoms with van der Waals surface area (Å²) in [6.45, 7) is 12.3. The Bertz CT molecular complexity index is 732. The summed E-state index contributed by atoms with van der Waals surface area (Å²) in [5, 5.41) is 0. The van der Waals surface area contributed by atoms with Gasteiger partial charge in [0, 0.05) is 11.8 Å². The average molecular weight is 398 g/mol. The Morgan fingerprint density at radius 2 is 1.76 bits per heavy atom.